The summed E-state index contributed by atoms with van der Waals surface area (Å²) in [6.07, 6.45) is 5.06. The van der Waals surface area contributed by atoms with E-state index in [0.29, 0.717) is 0 Å². The molecule has 0 aliphatic carbocycles. The van der Waals surface area contributed by atoms with Crippen LogP contribution in [0.4, 0.5) is 0 Å². The predicted octanol–water partition coefficient (Wildman–Crippen LogP) is -0.411. The molecule has 2 heterocycles. The summed E-state index contributed by atoms with van der Waals surface area (Å²) in [5, 5.41) is 13.0. The molecule has 0 amide bonds. The highest BCUT2D eigenvalue weighted by molar-refractivity contribution is 5.11. The molecule has 1 aliphatic heterocycles. The standard InChI is InChI=1S/C11H18N4O/c1-11(9-16,10-8-13-2-3-14-10)15-6-4-12-5-7-15/h2-3,8,12,16H,4-7,9H2,1H3. The van der Waals surface area contributed by atoms with Gasteiger partial charge in [-0.05, 0) is 6.92 Å². The van der Waals surface area contributed by atoms with Crippen molar-refractivity contribution < 1.29 is 5.11 Å². The quantitative estimate of drug-likeness (QED) is 0.728. The van der Waals surface area contributed by atoms with Crippen LogP contribution in [-0.2, 0) is 5.54 Å². The zero-order valence-corrected chi connectivity index (χ0v) is 9.56. The summed E-state index contributed by atoms with van der Waals surface area (Å²) in [4.78, 5) is 10.6. The van der Waals surface area contributed by atoms with Gasteiger partial charge in [0.15, 0.2) is 0 Å². The third kappa shape index (κ3) is 2.07. The Morgan fingerprint density at radius 3 is 2.75 bits per heavy atom. The van der Waals surface area contributed by atoms with Crippen molar-refractivity contribution in [1.29, 1.82) is 0 Å². The van der Waals surface area contributed by atoms with E-state index >= 15 is 0 Å². The van der Waals surface area contributed by atoms with Crippen molar-refractivity contribution in [2.24, 2.45) is 0 Å². The first-order valence-electron chi connectivity index (χ1n) is 5.60. The SMILES string of the molecule is CC(CO)(c1cnccn1)N1CCNCC1. The average molecular weight is 222 g/mol. The minimum Gasteiger partial charge on any atom is -0.394 e. The number of hydrogen-bond donors (Lipinski definition) is 2. The van der Waals surface area contributed by atoms with Gasteiger partial charge in [-0.3, -0.25) is 14.9 Å². The second-order valence-electron chi connectivity index (χ2n) is 4.26. The molecule has 0 aromatic carbocycles. The fourth-order valence-corrected chi connectivity index (χ4v) is 2.08. The van der Waals surface area contributed by atoms with Gasteiger partial charge in [0.05, 0.1) is 24.0 Å². The molecule has 0 bridgehead atoms. The molecule has 1 saturated heterocycles. The molecule has 0 spiro atoms. The molecule has 1 fully saturated rings. The van der Waals surface area contributed by atoms with Gasteiger partial charge in [0.25, 0.3) is 0 Å². The molecular formula is C11H18N4O. The van der Waals surface area contributed by atoms with Crippen LogP contribution in [-0.4, -0.2) is 52.8 Å². The number of rotatable bonds is 3. The Labute approximate surface area is 95.5 Å². The maximum atomic E-state index is 9.66. The van der Waals surface area contributed by atoms with Gasteiger partial charge in [-0.1, -0.05) is 0 Å². The van der Waals surface area contributed by atoms with E-state index in [-0.39, 0.29) is 6.61 Å². The molecule has 1 aromatic rings. The van der Waals surface area contributed by atoms with E-state index < -0.39 is 5.54 Å². The summed E-state index contributed by atoms with van der Waals surface area (Å²) in [6, 6.07) is 0. The number of aromatic nitrogens is 2. The van der Waals surface area contributed by atoms with Gasteiger partial charge >= 0.3 is 0 Å². The highest BCUT2D eigenvalue weighted by Gasteiger charge is 2.35. The molecule has 1 aromatic heterocycles. The van der Waals surface area contributed by atoms with E-state index in [1.54, 1.807) is 18.6 Å². The van der Waals surface area contributed by atoms with E-state index in [9.17, 15) is 5.11 Å². The summed E-state index contributed by atoms with van der Waals surface area (Å²) in [5.41, 5.74) is 0.413. The van der Waals surface area contributed by atoms with Gasteiger partial charge in [0.2, 0.25) is 0 Å². The van der Waals surface area contributed by atoms with Crippen molar-refractivity contribution in [2.75, 3.05) is 32.8 Å². The van der Waals surface area contributed by atoms with Gasteiger partial charge in [-0.15, -0.1) is 0 Å². The number of aliphatic hydroxyl groups is 1. The van der Waals surface area contributed by atoms with Crippen molar-refractivity contribution >= 4 is 0 Å². The lowest BCUT2D eigenvalue weighted by Gasteiger charge is -2.41. The number of nitrogens with one attached hydrogen (secondary N) is 1. The summed E-state index contributed by atoms with van der Waals surface area (Å²) in [5.74, 6) is 0. The van der Waals surface area contributed by atoms with Gasteiger partial charge in [-0.2, -0.15) is 0 Å². The normalized spacial score (nSPS) is 21.6. The van der Waals surface area contributed by atoms with Crippen LogP contribution in [0.5, 0.6) is 0 Å². The van der Waals surface area contributed by atoms with Crippen molar-refractivity contribution in [2.45, 2.75) is 12.5 Å². The van der Waals surface area contributed by atoms with Crippen LogP contribution >= 0.6 is 0 Å². The summed E-state index contributed by atoms with van der Waals surface area (Å²) in [6.45, 7) is 5.83. The number of nitrogens with zero attached hydrogens (tertiary/aromatic N) is 3. The van der Waals surface area contributed by atoms with E-state index in [0.717, 1.165) is 31.9 Å². The van der Waals surface area contributed by atoms with Gasteiger partial charge in [0, 0.05) is 38.6 Å². The molecule has 1 unspecified atom stereocenters. The Morgan fingerprint density at radius 1 is 1.44 bits per heavy atom. The van der Waals surface area contributed by atoms with Crippen molar-refractivity contribution in [3.8, 4) is 0 Å². The first-order valence-corrected chi connectivity index (χ1v) is 5.60. The second-order valence-corrected chi connectivity index (χ2v) is 4.26. The first kappa shape index (κ1) is 11.4. The van der Waals surface area contributed by atoms with Crippen LogP contribution in [0.25, 0.3) is 0 Å². The smallest absolute Gasteiger partial charge is 0.0855 e. The van der Waals surface area contributed by atoms with Crippen LogP contribution < -0.4 is 5.32 Å². The molecule has 2 N–H and O–H groups in total. The minimum atomic E-state index is -0.420. The third-order valence-corrected chi connectivity index (χ3v) is 3.24. The van der Waals surface area contributed by atoms with Gasteiger partial charge in [0.1, 0.15) is 0 Å². The number of hydrogen-bond acceptors (Lipinski definition) is 5. The van der Waals surface area contributed by atoms with Crippen LogP contribution in [0.1, 0.15) is 12.6 Å². The Hall–Kier alpha value is -1.04. The number of piperazine rings is 1. The fourth-order valence-electron chi connectivity index (χ4n) is 2.08. The number of aliphatic hydroxyl groups excluding tert-OH is 1. The first-order chi connectivity index (χ1) is 7.77. The van der Waals surface area contributed by atoms with Crippen LogP contribution in [0, 0.1) is 0 Å². The molecular weight excluding hydrogens is 204 g/mol. The zero-order valence-electron chi connectivity index (χ0n) is 9.56. The molecule has 1 atom stereocenters. The van der Waals surface area contributed by atoms with Crippen LogP contribution in [0.3, 0.4) is 0 Å². The highest BCUT2D eigenvalue weighted by atomic mass is 16.3. The van der Waals surface area contributed by atoms with Gasteiger partial charge in [-0.25, -0.2) is 0 Å². The minimum absolute atomic E-state index is 0.0612. The highest BCUT2D eigenvalue weighted by Crippen LogP contribution is 2.25. The van der Waals surface area contributed by atoms with E-state index in [2.05, 4.69) is 20.2 Å². The van der Waals surface area contributed by atoms with Crippen molar-refractivity contribution in [1.82, 2.24) is 20.2 Å². The van der Waals surface area contributed by atoms with E-state index in [1.807, 2.05) is 6.92 Å². The molecule has 2 rings (SSSR count). The predicted molar refractivity (Wildman–Crippen MR) is 60.9 cm³/mol. The van der Waals surface area contributed by atoms with Crippen molar-refractivity contribution in [3.05, 3.63) is 24.3 Å². The molecule has 5 nitrogen and oxygen atoms in total. The van der Waals surface area contributed by atoms with Crippen molar-refractivity contribution in [3.63, 3.8) is 0 Å². The molecule has 88 valence electrons. The average Bonchev–Trinajstić information content (AvgIpc) is 2.40. The Balaban J connectivity index is 2.24. The topological polar surface area (TPSA) is 61.3 Å². The van der Waals surface area contributed by atoms with Gasteiger partial charge < -0.3 is 10.4 Å². The van der Waals surface area contributed by atoms with Crippen LogP contribution in [0.2, 0.25) is 0 Å². The molecule has 0 saturated carbocycles. The zero-order chi connectivity index (χ0) is 11.4. The molecule has 1 aliphatic rings. The summed E-state index contributed by atoms with van der Waals surface area (Å²) >= 11 is 0. The Bertz CT molecular complexity index is 326. The fraction of sp³-hybridized carbons (Fsp3) is 0.636. The molecule has 16 heavy (non-hydrogen) atoms. The lowest BCUT2D eigenvalue weighted by molar-refractivity contribution is 0.0277. The largest absolute Gasteiger partial charge is 0.394 e. The maximum absolute atomic E-state index is 9.66. The maximum Gasteiger partial charge on any atom is 0.0855 e. The lowest BCUT2D eigenvalue weighted by atomic mass is 9.96. The Kier molecular flexibility index (Phi) is 3.48. The molecule has 5 heteroatoms. The molecule has 0 radical (unpaired) electrons. The third-order valence-electron chi connectivity index (χ3n) is 3.24. The second kappa shape index (κ2) is 4.86. The van der Waals surface area contributed by atoms with E-state index in [1.165, 1.54) is 0 Å². The van der Waals surface area contributed by atoms with E-state index in [4.69, 9.17) is 0 Å². The lowest BCUT2D eigenvalue weighted by Crippen LogP contribution is -2.55. The summed E-state index contributed by atoms with van der Waals surface area (Å²) < 4.78 is 0. The summed E-state index contributed by atoms with van der Waals surface area (Å²) in [7, 11) is 0. The monoisotopic (exact) mass is 222 g/mol. The van der Waals surface area contributed by atoms with Crippen LogP contribution in [0.15, 0.2) is 18.6 Å². The Morgan fingerprint density at radius 2 is 2.19 bits per heavy atom.